The maximum absolute atomic E-state index is 13.1. The number of hydrogen-bond acceptors (Lipinski definition) is 5. The molecule has 0 amide bonds. The molecular weight excluding hydrogens is 584 g/mol. The molecule has 3 rings (SSSR count). The lowest BCUT2D eigenvalue weighted by Crippen LogP contribution is -2.48. The summed E-state index contributed by atoms with van der Waals surface area (Å²) in [5, 5.41) is 10.3. The van der Waals surface area contributed by atoms with Crippen molar-refractivity contribution in [3.05, 3.63) is 94.2 Å². The van der Waals surface area contributed by atoms with Gasteiger partial charge in [-0.1, -0.05) is 117 Å². The van der Waals surface area contributed by atoms with E-state index in [9.17, 15) is 14.7 Å². The van der Waals surface area contributed by atoms with Crippen LogP contribution >= 0.6 is 0 Å². The number of fused-ring (bicyclic) bond motifs is 1. The lowest BCUT2D eigenvalue weighted by molar-refractivity contribution is -0.147. The molecule has 5 heteroatoms. The van der Waals surface area contributed by atoms with Gasteiger partial charge in [-0.05, 0) is 70.9 Å². The smallest absolute Gasteiger partial charge is 0.302 e. The molecule has 4 atom stereocenters. The highest BCUT2D eigenvalue weighted by molar-refractivity contribution is 5.96. The zero-order chi connectivity index (χ0) is 35.2. The van der Waals surface area contributed by atoms with E-state index < -0.39 is 11.2 Å². The van der Waals surface area contributed by atoms with Crippen LogP contribution in [0.25, 0.3) is 0 Å². The molecule has 1 saturated carbocycles. The molecule has 254 valence electrons. The number of carbonyl (C=O) groups excluding carboxylic acids is 2. The summed E-state index contributed by atoms with van der Waals surface area (Å²) in [5.41, 5.74) is 4.89. The SMILES string of the molecule is CC(=O)O[C@@H]1CC(C)=C(C#C/C(C)=C/C=C/C(C)=C/C=C/C=C(C)/C=C/C=C(\C)C(=O)C[C@@]23O[C@]2(C)C[C@@H](O)CC3(C)C)C(C)(C)C1. The Bertz CT molecular complexity index is 1540. The zero-order valence-electron chi connectivity index (χ0n) is 30.5. The molecule has 0 spiro atoms. The molecule has 0 radical (unpaired) electrons. The van der Waals surface area contributed by atoms with E-state index >= 15 is 0 Å². The lowest BCUT2D eigenvalue weighted by atomic mass is 9.61. The Labute approximate surface area is 284 Å². The highest BCUT2D eigenvalue weighted by Gasteiger charge is 2.76. The Morgan fingerprint density at radius 2 is 1.47 bits per heavy atom. The molecule has 3 aliphatic rings. The number of aliphatic hydroxyl groups excluding tert-OH is 1. The number of epoxide rings is 1. The molecule has 47 heavy (non-hydrogen) atoms. The van der Waals surface area contributed by atoms with E-state index in [4.69, 9.17) is 9.47 Å². The number of rotatable bonds is 10. The van der Waals surface area contributed by atoms with Gasteiger partial charge in [-0.3, -0.25) is 9.59 Å². The second-order valence-corrected chi connectivity index (χ2v) is 15.3. The number of ether oxygens (including phenoxy) is 2. The fourth-order valence-corrected chi connectivity index (χ4v) is 7.39. The molecule has 1 saturated heterocycles. The summed E-state index contributed by atoms with van der Waals surface area (Å²) >= 11 is 0. The van der Waals surface area contributed by atoms with Gasteiger partial charge in [-0.25, -0.2) is 0 Å². The Balaban J connectivity index is 1.51. The number of esters is 1. The van der Waals surface area contributed by atoms with Gasteiger partial charge >= 0.3 is 5.97 Å². The van der Waals surface area contributed by atoms with Crippen molar-refractivity contribution in [2.24, 2.45) is 10.8 Å². The molecule has 0 aromatic heterocycles. The largest absolute Gasteiger partial charge is 0.462 e. The van der Waals surface area contributed by atoms with E-state index in [1.807, 2.05) is 76.3 Å². The van der Waals surface area contributed by atoms with Crippen LogP contribution in [-0.2, 0) is 19.1 Å². The number of aliphatic hydroxyl groups is 1. The summed E-state index contributed by atoms with van der Waals surface area (Å²) in [6.07, 6.45) is 22.6. The van der Waals surface area contributed by atoms with Gasteiger partial charge < -0.3 is 14.6 Å². The number of ketones is 1. The molecule has 2 aliphatic carbocycles. The minimum atomic E-state index is -0.497. The van der Waals surface area contributed by atoms with Crippen molar-refractivity contribution in [1.82, 2.24) is 0 Å². The summed E-state index contributed by atoms with van der Waals surface area (Å²) in [7, 11) is 0. The average Bonchev–Trinajstić information content (AvgIpc) is 3.54. The Hall–Kier alpha value is -3.46. The van der Waals surface area contributed by atoms with Crippen molar-refractivity contribution in [2.75, 3.05) is 0 Å². The standard InChI is InChI=1S/C42H56O5/c1-29(18-14-19-31(3)22-23-37-33(5)24-36(46-34(6)43)27-39(37,7)8)16-12-13-17-30(2)20-15-21-32(4)38(45)28-42-40(9,10)25-35(44)26-41(42,11)47-42/h12-21,35-36,44H,24-28H2,1-11H3/b13-12+,18-14+,20-15+,29-16+,30-17+,31-19+,32-21+/t35-,36+,41+,42-/m0/s1. The van der Waals surface area contributed by atoms with Gasteiger partial charge in [0.2, 0.25) is 0 Å². The van der Waals surface area contributed by atoms with Crippen LogP contribution in [0, 0.1) is 22.7 Å². The third kappa shape index (κ3) is 9.78. The van der Waals surface area contributed by atoms with Crippen molar-refractivity contribution in [3.8, 4) is 11.8 Å². The van der Waals surface area contributed by atoms with Gasteiger partial charge in [0.25, 0.3) is 0 Å². The van der Waals surface area contributed by atoms with Gasteiger partial charge in [-0.15, -0.1) is 0 Å². The predicted molar refractivity (Wildman–Crippen MR) is 192 cm³/mol. The summed E-state index contributed by atoms with van der Waals surface area (Å²) in [6, 6.07) is 0. The van der Waals surface area contributed by atoms with Gasteiger partial charge in [0.15, 0.2) is 5.78 Å². The molecule has 0 bridgehead atoms. The Kier molecular flexibility index (Phi) is 12.3. The molecule has 0 aromatic carbocycles. The zero-order valence-corrected chi connectivity index (χ0v) is 30.5. The van der Waals surface area contributed by atoms with Crippen LogP contribution in [0.2, 0.25) is 0 Å². The Morgan fingerprint density at radius 1 is 0.872 bits per heavy atom. The van der Waals surface area contributed by atoms with E-state index in [0.717, 1.165) is 35.1 Å². The van der Waals surface area contributed by atoms with Crippen molar-refractivity contribution in [3.63, 3.8) is 0 Å². The maximum atomic E-state index is 13.1. The first kappa shape index (κ1) is 38.0. The van der Waals surface area contributed by atoms with Gasteiger partial charge in [0, 0.05) is 37.2 Å². The van der Waals surface area contributed by atoms with Crippen LogP contribution in [0.1, 0.15) is 108 Å². The molecular formula is C42H56O5. The van der Waals surface area contributed by atoms with Crippen molar-refractivity contribution in [1.29, 1.82) is 0 Å². The predicted octanol–water partition coefficient (Wildman–Crippen LogP) is 9.18. The topological polar surface area (TPSA) is 76.1 Å². The first-order valence-corrected chi connectivity index (χ1v) is 16.8. The van der Waals surface area contributed by atoms with E-state index in [2.05, 4.69) is 65.5 Å². The molecule has 1 aliphatic heterocycles. The van der Waals surface area contributed by atoms with Gasteiger partial charge in [0.1, 0.15) is 11.7 Å². The minimum absolute atomic E-state index is 0.0805. The summed E-state index contributed by atoms with van der Waals surface area (Å²) < 4.78 is 11.7. The Morgan fingerprint density at radius 3 is 2.02 bits per heavy atom. The number of carbonyl (C=O) groups is 2. The molecule has 1 N–H and O–H groups in total. The van der Waals surface area contributed by atoms with Crippen LogP contribution in [-0.4, -0.2) is 40.3 Å². The van der Waals surface area contributed by atoms with Crippen LogP contribution in [0.3, 0.4) is 0 Å². The third-order valence-electron chi connectivity index (χ3n) is 9.86. The van der Waals surface area contributed by atoms with Crippen LogP contribution in [0.4, 0.5) is 0 Å². The van der Waals surface area contributed by atoms with E-state index in [1.54, 1.807) is 0 Å². The quantitative estimate of drug-likeness (QED) is 0.0847. The van der Waals surface area contributed by atoms with Crippen LogP contribution in [0.15, 0.2) is 94.2 Å². The van der Waals surface area contributed by atoms with Crippen molar-refractivity contribution >= 4 is 11.8 Å². The average molecular weight is 641 g/mol. The van der Waals surface area contributed by atoms with Crippen molar-refractivity contribution < 1.29 is 24.2 Å². The van der Waals surface area contributed by atoms with E-state index in [0.29, 0.717) is 24.8 Å². The first-order chi connectivity index (χ1) is 21.8. The normalized spacial score (nSPS) is 29.6. The van der Waals surface area contributed by atoms with Crippen LogP contribution < -0.4 is 0 Å². The summed E-state index contributed by atoms with van der Waals surface area (Å²) in [5.74, 6) is 6.55. The molecule has 0 unspecified atom stereocenters. The molecule has 1 heterocycles. The number of allylic oxidation sites excluding steroid dienone is 15. The molecule has 0 aromatic rings. The maximum Gasteiger partial charge on any atom is 0.302 e. The van der Waals surface area contributed by atoms with Crippen LogP contribution in [0.5, 0.6) is 0 Å². The summed E-state index contributed by atoms with van der Waals surface area (Å²) in [6.45, 7) is 22.0. The molecule has 5 nitrogen and oxygen atoms in total. The summed E-state index contributed by atoms with van der Waals surface area (Å²) in [4.78, 5) is 24.5. The highest BCUT2D eigenvalue weighted by Crippen LogP contribution is 2.67. The van der Waals surface area contributed by atoms with Crippen molar-refractivity contribution in [2.45, 2.75) is 132 Å². The number of hydrogen-bond donors (Lipinski definition) is 1. The monoisotopic (exact) mass is 640 g/mol. The molecule has 2 fully saturated rings. The second-order valence-electron chi connectivity index (χ2n) is 15.3. The first-order valence-electron chi connectivity index (χ1n) is 16.8. The highest BCUT2D eigenvalue weighted by atomic mass is 16.6. The van der Waals surface area contributed by atoms with Gasteiger partial charge in [-0.2, -0.15) is 0 Å². The van der Waals surface area contributed by atoms with E-state index in [1.165, 1.54) is 12.5 Å². The number of Topliss-reactive ketones (excluding diaryl/α,β-unsaturated/α-hetero) is 1. The lowest BCUT2D eigenvalue weighted by Gasteiger charge is -2.40. The fraction of sp³-hybridized carbons (Fsp3) is 0.524. The third-order valence-corrected chi connectivity index (χ3v) is 9.86. The van der Waals surface area contributed by atoms with Gasteiger partial charge in [0.05, 0.1) is 11.7 Å². The van der Waals surface area contributed by atoms with E-state index in [-0.39, 0.29) is 34.8 Å². The fourth-order valence-electron chi connectivity index (χ4n) is 7.39. The second kappa shape index (κ2) is 15.2. The minimum Gasteiger partial charge on any atom is -0.462 e.